The summed E-state index contributed by atoms with van der Waals surface area (Å²) in [6.07, 6.45) is 6.43. The van der Waals surface area contributed by atoms with Crippen molar-refractivity contribution in [3.05, 3.63) is 18.2 Å². The lowest BCUT2D eigenvalue weighted by Gasteiger charge is -2.40. The molecule has 1 fully saturated rings. The van der Waals surface area contributed by atoms with Gasteiger partial charge in [-0.1, -0.05) is 0 Å². The summed E-state index contributed by atoms with van der Waals surface area (Å²) in [6, 6.07) is 0. The molecular weight excluding hydrogens is 198 g/mol. The SMILES string of the molecule is Cn1ccnc1C1CCN(C(C)(C)C)CC1. The Bertz CT molecular complexity index is 340. The third-order valence-electron chi connectivity index (χ3n) is 3.67. The van der Waals surface area contributed by atoms with Crippen LogP contribution in [-0.2, 0) is 7.05 Å². The van der Waals surface area contributed by atoms with Crippen LogP contribution < -0.4 is 0 Å². The molecule has 3 nitrogen and oxygen atoms in total. The van der Waals surface area contributed by atoms with Gasteiger partial charge in [-0.05, 0) is 46.7 Å². The highest BCUT2D eigenvalue weighted by molar-refractivity contribution is 5.02. The number of imidazole rings is 1. The van der Waals surface area contributed by atoms with E-state index in [0.717, 1.165) is 0 Å². The van der Waals surface area contributed by atoms with Gasteiger partial charge in [-0.25, -0.2) is 4.98 Å². The quantitative estimate of drug-likeness (QED) is 0.726. The maximum atomic E-state index is 4.47. The van der Waals surface area contributed by atoms with E-state index < -0.39 is 0 Å². The molecular formula is C13H23N3. The van der Waals surface area contributed by atoms with Gasteiger partial charge in [0.15, 0.2) is 0 Å². The second kappa shape index (κ2) is 4.21. The number of piperidine rings is 1. The minimum absolute atomic E-state index is 0.312. The summed E-state index contributed by atoms with van der Waals surface area (Å²) in [4.78, 5) is 7.05. The first-order valence-corrected chi connectivity index (χ1v) is 6.21. The van der Waals surface area contributed by atoms with Gasteiger partial charge in [-0.3, -0.25) is 4.90 Å². The molecule has 0 radical (unpaired) electrons. The van der Waals surface area contributed by atoms with Gasteiger partial charge in [0.25, 0.3) is 0 Å². The van der Waals surface area contributed by atoms with E-state index in [2.05, 4.69) is 42.3 Å². The van der Waals surface area contributed by atoms with Crippen LogP contribution >= 0.6 is 0 Å². The third-order valence-corrected chi connectivity index (χ3v) is 3.67. The van der Waals surface area contributed by atoms with Crippen molar-refractivity contribution >= 4 is 0 Å². The Hall–Kier alpha value is -0.830. The highest BCUT2D eigenvalue weighted by Gasteiger charge is 2.28. The Morgan fingerprint density at radius 3 is 2.31 bits per heavy atom. The average Bonchev–Trinajstić information content (AvgIpc) is 2.63. The predicted octanol–water partition coefficient (Wildman–Crippen LogP) is 2.40. The van der Waals surface area contributed by atoms with Crippen LogP contribution in [0.3, 0.4) is 0 Å². The summed E-state index contributed by atoms with van der Waals surface area (Å²) in [5.74, 6) is 1.91. The first kappa shape index (κ1) is 11.6. The van der Waals surface area contributed by atoms with E-state index in [-0.39, 0.29) is 0 Å². The molecule has 90 valence electrons. The number of likely N-dealkylation sites (tertiary alicyclic amines) is 1. The van der Waals surface area contributed by atoms with Crippen LogP contribution in [0.5, 0.6) is 0 Å². The molecule has 1 aliphatic rings. The van der Waals surface area contributed by atoms with E-state index >= 15 is 0 Å². The fourth-order valence-corrected chi connectivity index (χ4v) is 2.58. The number of aromatic nitrogens is 2. The standard InChI is InChI=1S/C13H23N3/c1-13(2,3)16-8-5-11(6-9-16)12-14-7-10-15(12)4/h7,10-11H,5-6,8-9H2,1-4H3. The molecule has 0 unspecified atom stereocenters. The zero-order valence-electron chi connectivity index (χ0n) is 10.9. The highest BCUT2D eigenvalue weighted by atomic mass is 15.2. The Morgan fingerprint density at radius 2 is 1.88 bits per heavy atom. The number of aryl methyl sites for hydroxylation is 1. The van der Waals surface area contributed by atoms with Gasteiger partial charge >= 0.3 is 0 Å². The van der Waals surface area contributed by atoms with Crippen molar-refractivity contribution in [1.82, 2.24) is 14.5 Å². The maximum absolute atomic E-state index is 4.47. The lowest BCUT2D eigenvalue weighted by molar-refractivity contribution is 0.100. The normalized spacial score (nSPS) is 20.2. The molecule has 2 heterocycles. The third kappa shape index (κ3) is 2.29. The smallest absolute Gasteiger partial charge is 0.111 e. The topological polar surface area (TPSA) is 21.1 Å². The summed E-state index contributed by atoms with van der Waals surface area (Å²) in [5.41, 5.74) is 0.312. The van der Waals surface area contributed by atoms with Crippen LogP contribution in [0.25, 0.3) is 0 Å². The molecule has 3 heteroatoms. The van der Waals surface area contributed by atoms with Crippen molar-refractivity contribution < 1.29 is 0 Å². The van der Waals surface area contributed by atoms with Gasteiger partial charge in [-0.2, -0.15) is 0 Å². The van der Waals surface area contributed by atoms with E-state index in [0.29, 0.717) is 11.5 Å². The summed E-state index contributed by atoms with van der Waals surface area (Å²) in [7, 11) is 2.10. The Kier molecular flexibility index (Phi) is 3.06. The number of hydrogen-bond donors (Lipinski definition) is 0. The van der Waals surface area contributed by atoms with Gasteiger partial charge in [-0.15, -0.1) is 0 Å². The van der Waals surface area contributed by atoms with Crippen molar-refractivity contribution in [3.8, 4) is 0 Å². The van der Waals surface area contributed by atoms with Gasteiger partial charge < -0.3 is 4.57 Å². The van der Waals surface area contributed by atoms with Crippen LogP contribution in [0.4, 0.5) is 0 Å². The Morgan fingerprint density at radius 1 is 1.25 bits per heavy atom. The van der Waals surface area contributed by atoms with Crippen LogP contribution in [0, 0.1) is 0 Å². The molecule has 0 bridgehead atoms. The number of nitrogens with zero attached hydrogens (tertiary/aromatic N) is 3. The van der Waals surface area contributed by atoms with Crippen molar-refractivity contribution in [2.75, 3.05) is 13.1 Å². The van der Waals surface area contributed by atoms with Crippen LogP contribution in [0.1, 0.15) is 45.4 Å². The van der Waals surface area contributed by atoms with Gasteiger partial charge in [0.05, 0.1) is 0 Å². The predicted molar refractivity (Wildman–Crippen MR) is 66.5 cm³/mol. The summed E-state index contributed by atoms with van der Waals surface area (Å²) in [6.45, 7) is 9.29. The van der Waals surface area contributed by atoms with Gasteiger partial charge in [0.2, 0.25) is 0 Å². The highest BCUT2D eigenvalue weighted by Crippen LogP contribution is 2.29. The molecule has 0 aromatic carbocycles. The summed E-state index contributed by atoms with van der Waals surface area (Å²) < 4.78 is 2.16. The largest absolute Gasteiger partial charge is 0.338 e. The van der Waals surface area contributed by atoms with Crippen LogP contribution in [-0.4, -0.2) is 33.1 Å². The molecule has 0 aliphatic carbocycles. The van der Waals surface area contributed by atoms with E-state index in [1.54, 1.807) is 0 Å². The minimum Gasteiger partial charge on any atom is -0.338 e. The monoisotopic (exact) mass is 221 g/mol. The first-order valence-electron chi connectivity index (χ1n) is 6.21. The van der Waals surface area contributed by atoms with Crippen LogP contribution in [0.2, 0.25) is 0 Å². The second-order valence-electron chi connectivity index (χ2n) is 5.83. The van der Waals surface area contributed by atoms with Crippen LogP contribution in [0.15, 0.2) is 12.4 Å². The molecule has 0 saturated carbocycles. The van der Waals surface area contributed by atoms with Gasteiger partial charge in [0, 0.05) is 30.9 Å². The minimum atomic E-state index is 0.312. The Balaban J connectivity index is 1.98. The first-order chi connectivity index (χ1) is 7.48. The zero-order valence-corrected chi connectivity index (χ0v) is 10.9. The number of hydrogen-bond acceptors (Lipinski definition) is 2. The van der Waals surface area contributed by atoms with Crippen molar-refractivity contribution in [3.63, 3.8) is 0 Å². The molecule has 1 saturated heterocycles. The molecule has 1 aliphatic heterocycles. The van der Waals surface area contributed by atoms with Crippen molar-refractivity contribution in [2.24, 2.45) is 7.05 Å². The molecule has 0 amide bonds. The molecule has 0 spiro atoms. The van der Waals surface area contributed by atoms with Gasteiger partial charge in [0.1, 0.15) is 5.82 Å². The fraction of sp³-hybridized carbons (Fsp3) is 0.769. The molecule has 0 N–H and O–H groups in total. The lowest BCUT2D eigenvalue weighted by Crippen LogP contribution is -2.45. The maximum Gasteiger partial charge on any atom is 0.111 e. The lowest BCUT2D eigenvalue weighted by atomic mass is 9.92. The average molecular weight is 221 g/mol. The van der Waals surface area contributed by atoms with Crippen molar-refractivity contribution in [2.45, 2.75) is 45.1 Å². The van der Waals surface area contributed by atoms with Crippen molar-refractivity contribution in [1.29, 1.82) is 0 Å². The van der Waals surface area contributed by atoms with E-state index in [4.69, 9.17) is 0 Å². The molecule has 16 heavy (non-hydrogen) atoms. The van der Waals surface area contributed by atoms with E-state index in [9.17, 15) is 0 Å². The van der Waals surface area contributed by atoms with E-state index in [1.165, 1.54) is 31.8 Å². The molecule has 1 aromatic heterocycles. The summed E-state index contributed by atoms with van der Waals surface area (Å²) >= 11 is 0. The summed E-state index contributed by atoms with van der Waals surface area (Å²) in [5, 5.41) is 0. The molecule has 1 aromatic rings. The second-order valence-corrected chi connectivity index (χ2v) is 5.83. The fourth-order valence-electron chi connectivity index (χ4n) is 2.58. The molecule has 0 atom stereocenters. The Labute approximate surface area is 98.5 Å². The zero-order chi connectivity index (χ0) is 11.8. The number of rotatable bonds is 1. The molecule has 2 rings (SSSR count). The van der Waals surface area contributed by atoms with E-state index in [1.807, 2.05) is 12.4 Å².